The van der Waals surface area contributed by atoms with E-state index in [9.17, 15) is 0 Å². The number of hydrogen-bond donors (Lipinski definition) is 1. The summed E-state index contributed by atoms with van der Waals surface area (Å²) < 4.78 is 23.0. The third kappa shape index (κ3) is 13.3. The lowest BCUT2D eigenvalue weighted by molar-refractivity contribution is -0.0604. The molecule has 0 saturated heterocycles. The largest absolute Gasteiger partial charge is 0.502 e. The Kier molecular flexibility index (Phi) is 13.6. The summed E-state index contributed by atoms with van der Waals surface area (Å²) in [6.07, 6.45) is 9.70. The van der Waals surface area contributed by atoms with Gasteiger partial charge in [-0.3, -0.25) is 5.41 Å². The van der Waals surface area contributed by atoms with Crippen molar-refractivity contribution in [1.29, 1.82) is 5.41 Å². The quantitative estimate of drug-likeness (QED) is 0.102. The molecule has 0 heterocycles. The number of rotatable bonds is 17. The lowest BCUT2D eigenvalue weighted by Crippen LogP contribution is -2.36. The van der Waals surface area contributed by atoms with Crippen LogP contribution in [-0.2, 0) is 18.9 Å². The van der Waals surface area contributed by atoms with Crippen LogP contribution in [0.25, 0.3) is 0 Å². The van der Waals surface area contributed by atoms with Crippen molar-refractivity contribution in [3.63, 3.8) is 0 Å². The van der Waals surface area contributed by atoms with Crippen molar-refractivity contribution in [1.82, 2.24) is 0 Å². The molecule has 0 aliphatic heterocycles. The van der Waals surface area contributed by atoms with Crippen LogP contribution in [-0.4, -0.2) is 43.0 Å². The molecule has 0 rings (SSSR count). The third-order valence-corrected chi connectivity index (χ3v) is 4.37. The normalized spacial score (nSPS) is 13.3. The molecule has 0 amide bonds. The summed E-state index contributed by atoms with van der Waals surface area (Å²) in [6.45, 7) is 21.3. The van der Waals surface area contributed by atoms with Gasteiger partial charge in [0, 0.05) is 12.2 Å². The Morgan fingerprint density at radius 3 is 2.34 bits per heavy atom. The maximum atomic E-state index is 8.32. The number of ether oxygens (including phenoxy) is 4. The molecule has 1 atom stereocenters. The minimum absolute atomic E-state index is 0.0707. The van der Waals surface area contributed by atoms with Crippen LogP contribution in [0.2, 0.25) is 0 Å². The van der Waals surface area contributed by atoms with Crippen molar-refractivity contribution in [2.45, 2.75) is 91.0 Å². The van der Waals surface area contributed by atoms with Gasteiger partial charge < -0.3 is 18.9 Å². The molecule has 168 valence electrons. The summed E-state index contributed by atoms with van der Waals surface area (Å²) in [7, 11) is 0. The number of allylic oxidation sites excluding steroid dienone is 1. The van der Waals surface area contributed by atoms with E-state index in [-0.39, 0.29) is 24.2 Å². The Bertz CT molecular complexity index is 523. The second-order valence-corrected chi connectivity index (χ2v) is 8.42. The zero-order valence-electron chi connectivity index (χ0n) is 19.5. The van der Waals surface area contributed by atoms with E-state index >= 15 is 0 Å². The van der Waals surface area contributed by atoms with Gasteiger partial charge in [0.25, 0.3) is 0 Å². The van der Waals surface area contributed by atoms with E-state index in [1.165, 1.54) is 6.26 Å². The standard InChI is InChI=1S/C24H43NO4/c1-9-12-16-23(5,6)29-21(15-10-2)20(4)22(25)27-19-24(7,8)28-18-14-13-17-26-11-3/h9,11-12,21,25H,3-4,10,13-19H2,1-2,5-8H3. The Labute approximate surface area is 178 Å². The Hall–Kier alpha value is -1.59. The van der Waals surface area contributed by atoms with Gasteiger partial charge in [0.15, 0.2) is 0 Å². The summed E-state index contributed by atoms with van der Waals surface area (Å²) in [5, 5.41) is 8.32. The van der Waals surface area contributed by atoms with Crippen LogP contribution in [0.15, 0.2) is 37.1 Å². The van der Waals surface area contributed by atoms with Gasteiger partial charge in [0.1, 0.15) is 6.61 Å². The number of nitrogens with one attached hydrogen (secondary N) is 1. The molecule has 0 aliphatic rings. The first-order valence-electron chi connectivity index (χ1n) is 10.6. The van der Waals surface area contributed by atoms with Crippen LogP contribution in [0.5, 0.6) is 0 Å². The Balaban J connectivity index is 4.57. The van der Waals surface area contributed by atoms with E-state index in [1.54, 1.807) is 0 Å². The van der Waals surface area contributed by atoms with Crippen LogP contribution >= 0.6 is 0 Å². The van der Waals surface area contributed by atoms with E-state index in [0.29, 0.717) is 18.8 Å². The van der Waals surface area contributed by atoms with E-state index in [2.05, 4.69) is 40.0 Å². The third-order valence-electron chi connectivity index (χ3n) is 4.37. The molecular formula is C24H43NO4. The highest BCUT2D eigenvalue weighted by molar-refractivity contribution is 5.91. The molecule has 1 N–H and O–H groups in total. The van der Waals surface area contributed by atoms with Crippen molar-refractivity contribution in [2.24, 2.45) is 0 Å². The minimum Gasteiger partial charge on any atom is -0.502 e. The first kappa shape index (κ1) is 27.4. The summed E-state index contributed by atoms with van der Waals surface area (Å²) in [4.78, 5) is 0. The first-order chi connectivity index (χ1) is 13.6. The molecule has 0 aromatic carbocycles. The summed E-state index contributed by atoms with van der Waals surface area (Å²) in [5.74, 6) is 0.0707. The Morgan fingerprint density at radius 2 is 1.76 bits per heavy atom. The smallest absolute Gasteiger partial charge is 0.211 e. The fourth-order valence-corrected chi connectivity index (χ4v) is 2.65. The van der Waals surface area contributed by atoms with E-state index in [1.807, 2.05) is 26.8 Å². The molecule has 0 bridgehead atoms. The van der Waals surface area contributed by atoms with Crippen molar-refractivity contribution >= 4 is 5.90 Å². The monoisotopic (exact) mass is 409 g/mol. The predicted molar refractivity (Wildman–Crippen MR) is 122 cm³/mol. The lowest BCUT2D eigenvalue weighted by Gasteiger charge is -2.32. The minimum atomic E-state index is -0.488. The topological polar surface area (TPSA) is 60.8 Å². The molecule has 0 fully saturated rings. The fraction of sp³-hybridized carbons (Fsp3) is 0.708. The van der Waals surface area contributed by atoms with Gasteiger partial charge in [-0.15, -0.1) is 0 Å². The molecule has 0 spiro atoms. The molecule has 5 nitrogen and oxygen atoms in total. The van der Waals surface area contributed by atoms with Gasteiger partial charge in [-0.05, 0) is 60.3 Å². The van der Waals surface area contributed by atoms with E-state index < -0.39 is 5.60 Å². The summed E-state index contributed by atoms with van der Waals surface area (Å²) in [6, 6.07) is 0. The molecule has 0 aromatic heterocycles. The SMILES string of the molecule is C=COCCCCOC(C)(C)COC(=N)C(=C)C(CCC)OC(C)(C)CC=CC. The van der Waals surface area contributed by atoms with E-state index in [4.69, 9.17) is 24.4 Å². The van der Waals surface area contributed by atoms with Gasteiger partial charge in [-0.25, -0.2) is 0 Å². The van der Waals surface area contributed by atoms with Crippen molar-refractivity contribution in [2.75, 3.05) is 19.8 Å². The van der Waals surface area contributed by atoms with Gasteiger partial charge in [-0.1, -0.05) is 38.7 Å². The molecule has 1 unspecified atom stereocenters. The molecule has 0 aromatic rings. The molecule has 0 radical (unpaired) electrons. The van der Waals surface area contributed by atoms with Crippen molar-refractivity contribution in [3.05, 3.63) is 37.1 Å². The van der Waals surface area contributed by atoms with Crippen LogP contribution in [0.4, 0.5) is 0 Å². The van der Waals surface area contributed by atoms with Gasteiger partial charge in [-0.2, -0.15) is 0 Å². The van der Waals surface area contributed by atoms with Crippen LogP contribution in [0.1, 0.15) is 73.6 Å². The van der Waals surface area contributed by atoms with Gasteiger partial charge in [0.05, 0.1) is 30.2 Å². The fourth-order valence-electron chi connectivity index (χ4n) is 2.65. The van der Waals surface area contributed by atoms with Gasteiger partial charge in [0.2, 0.25) is 5.90 Å². The zero-order chi connectivity index (χ0) is 22.3. The summed E-state index contributed by atoms with van der Waals surface area (Å²) in [5.41, 5.74) is -0.233. The van der Waals surface area contributed by atoms with Crippen LogP contribution in [0, 0.1) is 5.41 Å². The number of unbranched alkanes of at least 4 members (excludes halogenated alkanes) is 1. The second kappa shape index (κ2) is 14.4. The average Bonchev–Trinajstić information content (AvgIpc) is 2.66. The van der Waals surface area contributed by atoms with Crippen LogP contribution < -0.4 is 0 Å². The highest BCUT2D eigenvalue weighted by Gasteiger charge is 2.27. The van der Waals surface area contributed by atoms with Crippen LogP contribution in [0.3, 0.4) is 0 Å². The van der Waals surface area contributed by atoms with Gasteiger partial charge >= 0.3 is 0 Å². The average molecular weight is 410 g/mol. The molecular weight excluding hydrogens is 366 g/mol. The number of hydrogen-bond acceptors (Lipinski definition) is 5. The first-order valence-corrected chi connectivity index (χ1v) is 10.6. The van der Waals surface area contributed by atoms with E-state index in [0.717, 1.165) is 32.1 Å². The maximum Gasteiger partial charge on any atom is 0.211 e. The molecule has 29 heavy (non-hydrogen) atoms. The zero-order valence-corrected chi connectivity index (χ0v) is 19.5. The highest BCUT2D eigenvalue weighted by Crippen LogP contribution is 2.24. The summed E-state index contributed by atoms with van der Waals surface area (Å²) >= 11 is 0. The van der Waals surface area contributed by atoms with Crippen molar-refractivity contribution < 1.29 is 18.9 Å². The second-order valence-electron chi connectivity index (χ2n) is 8.42. The highest BCUT2D eigenvalue weighted by atomic mass is 16.5. The maximum absolute atomic E-state index is 8.32. The van der Waals surface area contributed by atoms with Crippen molar-refractivity contribution in [3.8, 4) is 0 Å². The molecule has 5 heteroatoms. The molecule has 0 saturated carbocycles. The predicted octanol–water partition coefficient (Wildman–Crippen LogP) is 6.20. The lowest BCUT2D eigenvalue weighted by atomic mass is 10.0. The Morgan fingerprint density at radius 1 is 1.10 bits per heavy atom. The molecule has 0 aliphatic carbocycles.